The molecule has 2 N–H and O–H groups in total. The van der Waals surface area contributed by atoms with Gasteiger partial charge in [-0.1, -0.05) is 25.0 Å². The summed E-state index contributed by atoms with van der Waals surface area (Å²) in [5, 5.41) is 6.17. The molecule has 1 saturated heterocycles. The Hall–Kier alpha value is -2.11. The van der Waals surface area contributed by atoms with Crippen LogP contribution in [-0.4, -0.2) is 36.0 Å². The van der Waals surface area contributed by atoms with Gasteiger partial charge in [0, 0.05) is 26.1 Å². The van der Waals surface area contributed by atoms with E-state index in [1.807, 2.05) is 4.90 Å². The zero-order valence-corrected chi connectivity index (χ0v) is 15.3. The van der Waals surface area contributed by atoms with Gasteiger partial charge in [-0.2, -0.15) is 0 Å². The molecule has 142 valence electrons. The molecule has 1 aromatic carbocycles. The summed E-state index contributed by atoms with van der Waals surface area (Å²) in [4.78, 5) is 25.8. The van der Waals surface area contributed by atoms with E-state index in [1.165, 1.54) is 25.0 Å². The lowest BCUT2D eigenvalue weighted by atomic mass is 9.91. The lowest BCUT2D eigenvalue weighted by Crippen LogP contribution is -2.49. The molecule has 3 amide bonds. The molecule has 0 aromatic heterocycles. The van der Waals surface area contributed by atoms with E-state index >= 15 is 0 Å². The van der Waals surface area contributed by atoms with Crippen molar-refractivity contribution in [1.82, 2.24) is 15.5 Å². The molecule has 1 aliphatic carbocycles. The third-order valence-electron chi connectivity index (χ3n) is 5.66. The Morgan fingerprint density at radius 3 is 2.27 bits per heavy atom. The van der Waals surface area contributed by atoms with Crippen molar-refractivity contribution in [2.75, 3.05) is 13.1 Å². The first-order chi connectivity index (χ1) is 12.5. The zero-order chi connectivity index (χ0) is 18.5. The molecular weight excluding hydrogens is 333 g/mol. The van der Waals surface area contributed by atoms with Crippen molar-refractivity contribution in [3.8, 4) is 0 Å². The van der Waals surface area contributed by atoms with Gasteiger partial charge >= 0.3 is 6.03 Å². The Labute approximate surface area is 154 Å². The van der Waals surface area contributed by atoms with Crippen LogP contribution in [-0.2, 0) is 4.79 Å². The van der Waals surface area contributed by atoms with Crippen LogP contribution < -0.4 is 10.6 Å². The monoisotopic (exact) mass is 361 g/mol. The number of hydrogen-bond acceptors (Lipinski definition) is 2. The number of nitrogens with one attached hydrogen (secondary N) is 2. The SMILES string of the molecule is CC(=O)N1CCC(NC(=O)NC(c2ccc(F)cc2)C2CCCC2)CC1. The Kier molecular flexibility index (Phi) is 6.12. The maximum atomic E-state index is 13.3. The van der Waals surface area contributed by atoms with Gasteiger partial charge in [-0.05, 0) is 49.3 Å². The van der Waals surface area contributed by atoms with E-state index in [1.54, 1.807) is 19.1 Å². The van der Waals surface area contributed by atoms with Gasteiger partial charge in [0.15, 0.2) is 0 Å². The van der Waals surface area contributed by atoms with E-state index in [4.69, 9.17) is 0 Å². The number of rotatable bonds is 4. The normalized spacial score (nSPS) is 20.0. The highest BCUT2D eigenvalue weighted by atomic mass is 19.1. The van der Waals surface area contributed by atoms with Crippen LogP contribution in [0.3, 0.4) is 0 Å². The van der Waals surface area contributed by atoms with Gasteiger partial charge in [0.2, 0.25) is 5.91 Å². The molecular formula is C20H28FN3O2. The second-order valence-electron chi connectivity index (χ2n) is 7.47. The fourth-order valence-electron chi connectivity index (χ4n) is 4.14. The van der Waals surface area contributed by atoms with E-state index in [2.05, 4.69) is 10.6 Å². The summed E-state index contributed by atoms with van der Waals surface area (Å²) in [6, 6.07) is 6.27. The standard InChI is InChI=1S/C20H28FN3O2/c1-14(25)24-12-10-18(11-13-24)22-20(26)23-19(15-4-2-3-5-15)16-6-8-17(21)9-7-16/h6-9,15,18-19H,2-5,10-13H2,1H3,(H2,22,23,26). The molecule has 0 bridgehead atoms. The van der Waals surface area contributed by atoms with E-state index in [0.717, 1.165) is 31.2 Å². The minimum absolute atomic E-state index is 0.0862. The van der Waals surface area contributed by atoms with Crippen LogP contribution in [0.25, 0.3) is 0 Å². The Morgan fingerprint density at radius 1 is 1.08 bits per heavy atom. The molecule has 3 rings (SSSR count). The molecule has 1 saturated carbocycles. The van der Waals surface area contributed by atoms with Crippen LogP contribution in [0.1, 0.15) is 57.1 Å². The lowest BCUT2D eigenvalue weighted by Gasteiger charge is -2.32. The van der Waals surface area contributed by atoms with E-state index < -0.39 is 0 Å². The first-order valence-corrected chi connectivity index (χ1v) is 9.61. The van der Waals surface area contributed by atoms with Crippen molar-refractivity contribution >= 4 is 11.9 Å². The molecule has 1 heterocycles. The molecule has 2 fully saturated rings. The summed E-state index contributed by atoms with van der Waals surface area (Å²) in [7, 11) is 0. The van der Waals surface area contributed by atoms with Crippen LogP contribution in [0.4, 0.5) is 9.18 Å². The van der Waals surface area contributed by atoms with E-state index in [9.17, 15) is 14.0 Å². The smallest absolute Gasteiger partial charge is 0.315 e. The number of piperidine rings is 1. The van der Waals surface area contributed by atoms with Crippen LogP contribution in [0.15, 0.2) is 24.3 Å². The molecule has 5 nitrogen and oxygen atoms in total. The summed E-state index contributed by atoms with van der Waals surface area (Å²) in [5.74, 6) is 0.219. The average molecular weight is 361 g/mol. The van der Waals surface area contributed by atoms with Gasteiger partial charge < -0.3 is 15.5 Å². The highest BCUT2D eigenvalue weighted by Gasteiger charge is 2.29. The number of carbonyl (C=O) groups is 2. The summed E-state index contributed by atoms with van der Waals surface area (Å²) >= 11 is 0. The molecule has 0 spiro atoms. The quantitative estimate of drug-likeness (QED) is 0.864. The number of carbonyl (C=O) groups excluding carboxylic acids is 2. The fourth-order valence-corrected chi connectivity index (χ4v) is 4.14. The number of halogens is 1. The first kappa shape index (κ1) is 18.7. The Morgan fingerprint density at radius 2 is 1.69 bits per heavy atom. The van der Waals surface area contributed by atoms with Gasteiger partial charge in [0.05, 0.1) is 6.04 Å². The third-order valence-corrected chi connectivity index (χ3v) is 5.66. The summed E-state index contributed by atoms with van der Waals surface area (Å²) < 4.78 is 13.3. The van der Waals surface area contributed by atoms with Crippen LogP contribution >= 0.6 is 0 Å². The Bertz CT molecular complexity index is 620. The number of nitrogens with zero attached hydrogens (tertiary/aromatic N) is 1. The Balaban J connectivity index is 1.59. The number of likely N-dealkylation sites (tertiary alicyclic amines) is 1. The van der Waals surface area contributed by atoms with Gasteiger partial charge in [-0.3, -0.25) is 4.79 Å². The van der Waals surface area contributed by atoms with Crippen molar-refractivity contribution in [3.05, 3.63) is 35.6 Å². The molecule has 1 atom stereocenters. The van der Waals surface area contributed by atoms with Gasteiger partial charge in [-0.15, -0.1) is 0 Å². The molecule has 0 radical (unpaired) electrons. The highest BCUT2D eigenvalue weighted by Crippen LogP contribution is 2.35. The minimum atomic E-state index is -0.263. The van der Waals surface area contributed by atoms with Crippen molar-refractivity contribution in [2.24, 2.45) is 5.92 Å². The fraction of sp³-hybridized carbons (Fsp3) is 0.600. The van der Waals surface area contributed by atoms with Crippen LogP contribution in [0.5, 0.6) is 0 Å². The molecule has 2 aliphatic rings. The average Bonchev–Trinajstić information content (AvgIpc) is 3.15. The zero-order valence-electron chi connectivity index (χ0n) is 15.3. The number of urea groups is 1. The summed E-state index contributed by atoms with van der Waals surface area (Å²) in [6.45, 7) is 2.95. The van der Waals surface area contributed by atoms with Crippen molar-refractivity contribution in [3.63, 3.8) is 0 Å². The molecule has 1 aromatic rings. The van der Waals surface area contributed by atoms with Crippen LogP contribution in [0.2, 0.25) is 0 Å². The maximum absolute atomic E-state index is 13.3. The second kappa shape index (κ2) is 8.52. The van der Waals surface area contributed by atoms with Gasteiger partial charge in [0.25, 0.3) is 0 Å². The van der Waals surface area contributed by atoms with E-state index in [-0.39, 0.29) is 29.8 Å². The topological polar surface area (TPSA) is 61.4 Å². The predicted molar refractivity (Wildman–Crippen MR) is 98.0 cm³/mol. The summed E-state index contributed by atoms with van der Waals surface area (Å²) in [5.41, 5.74) is 0.958. The number of benzene rings is 1. The minimum Gasteiger partial charge on any atom is -0.343 e. The third kappa shape index (κ3) is 4.74. The highest BCUT2D eigenvalue weighted by molar-refractivity contribution is 5.75. The number of amides is 3. The predicted octanol–water partition coefficient (Wildman–Crippen LogP) is 3.37. The van der Waals surface area contributed by atoms with Gasteiger partial charge in [0.1, 0.15) is 5.82 Å². The van der Waals surface area contributed by atoms with Crippen molar-refractivity contribution < 1.29 is 14.0 Å². The second-order valence-corrected chi connectivity index (χ2v) is 7.47. The lowest BCUT2D eigenvalue weighted by molar-refractivity contribution is -0.129. The van der Waals surface area contributed by atoms with Gasteiger partial charge in [-0.25, -0.2) is 9.18 Å². The maximum Gasteiger partial charge on any atom is 0.315 e. The molecule has 1 aliphatic heterocycles. The molecule has 26 heavy (non-hydrogen) atoms. The summed E-state index contributed by atoms with van der Waals surface area (Å²) in [6.07, 6.45) is 6.07. The van der Waals surface area contributed by atoms with Crippen LogP contribution in [0, 0.1) is 11.7 Å². The number of hydrogen-bond donors (Lipinski definition) is 2. The van der Waals surface area contributed by atoms with E-state index in [0.29, 0.717) is 19.0 Å². The van der Waals surface area contributed by atoms with Crippen molar-refractivity contribution in [2.45, 2.75) is 57.5 Å². The molecule has 1 unspecified atom stereocenters. The first-order valence-electron chi connectivity index (χ1n) is 9.61. The van der Waals surface area contributed by atoms with Crippen molar-refractivity contribution in [1.29, 1.82) is 0 Å². The largest absolute Gasteiger partial charge is 0.343 e. The molecule has 6 heteroatoms.